The third-order valence-electron chi connectivity index (χ3n) is 5.49. The minimum atomic E-state index is -4.22. The number of benzene rings is 3. The third-order valence-corrected chi connectivity index (χ3v) is 7.31. The molecule has 8 nitrogen and oxygen atoms in total. The van der Waals surface area contributed by atoms with E-state index in [0.29, 0.717) is 32.8 Å². The van der Waals surface area contributed by atoms with Crippen LogP contribution in [0.2, 0.25) is 0 Å². The number of anilines is 1. The van der Waals surface area contributed by atoms with Gasteiger partial charge in [0.2, 0.25) is 11.8 Å². The van der Waals surface area contributed by atoms with Gasteiger partial charge in [0, 0.05) is 12.1 Å². The van der Waals surface area contributed by atoms with Crippen LogP contribution < -0.4 is 14.8 Å². The Morgan fingerprint density at radius 2 is 1.68 bits per heavy atom. The number of carbonyl (C=O) groups excluding carboxylic acids is 2. The molecule has 2 amide bonds. The van der Waals surface area contributed by atoms with Gasteiger partial charge in [-0.05, 0) is 73.5 Å². The highest BCUT2D eigenvalue weighted by Crippen LogP contribution is 2.31. The molecule has 1 fully saturated rings. The maximum atomic E-state index is 13.2. The monoisotopic (exact) mass is 480 g/mol. The lowest BCUT2D eigenvalue weighted by Crippen LogP contribution is -2.45. The SMILES string of the molecule is COc1ccc(S(=O)(=O)N2C(=O)CC[C@H]2C(=O)Nc2ccc(Oc3ccccc3)cc2)cc1C. The minimum absolute atomic E-state index is 0.0314. The molecule has 1 N–H and O–H groups in total. The predicted octanol–water partition coefficient (Wildman–Crippen LogP) is 4.11. The summed E-state index contributed by atoms with van der Waals surface area (Å²) in [6.45, 7) is 1.71. The van der Waals surface area contributed by atoms with Crippen molar-refractivity contribution >= 4 is 27.5 Å². The largest absolute Gasteiger partial charge is 0.496 e. The summed E-state index contributed by atoms with van der Waals surface area (Å²) in [6, 6.07) is 19.1. The molecule has 3 aromatic rings. The van der Waals surface area contributed by atoms with E-state index < -0.39 is 27.9 Å². The fourth-order valence-electron chi connectivity index (χ4n) is 3.78. The summed E-state index contributed by atoms with van der Waals surface area (Å²) in [6.07, 6.45) is 0.0740. The first-order valence-corrected chi connectivity index (χ1v) is 12.1. The second-order valence-electron chi connectivity index (χ2n) is 7.81. The Kier molecular flexibility index (Phi) is 6.56. The molecule has 9 heteroatoms. The summed E-state index contributed by atoms with van der Waals surface area (Å²) >= 11 is 0. The van der Waals surface area contributed by atoms with E-state index in [0.717, 1.165) is 0 Å². The van der Waals surface area contributed by atoms with Crippen molar-refractivity contribution in [3.8, 4) is 17.2 Å². The molecule has 1 atom stereocenters. The Morgan fingerprint density at radius 1 is 1.00 bits per heavy atom. The van der Waals surface area contributed by atoms with Gasteiger partial charge in [0.25, 0.3) is 10.0 Å². The molecule has 3 aromatic carbocycles. The lowest BCUT2D eigenvalue weighted by molar-refractivity contribution is -0.128. The molecule has 4 rings (SSSR count). The molecule has 0 bridgehead atoms. The number of rotatable bonds is 7. The summed E-state index contributed by atoms with van der Waals surface area (Å²) in [5.74, 6) is 0.606. The van der Waals surface area contributed by atoms with Crippen molar-refractivity contribution in [2.75, 3.05) is 12.4 Å². The molecular formula is C25H24N2O6S. The highest BCUT2D eigenvalue weighted by atomic mass is 32.2. The Bertz CT molecular complexity index is 1310. The van der Waals surface area contributed by atoms with E-state index in [9.17, 15) is 18.0 Å². The number of aryl methyl sites for hydroxylation is 1. The van der Waals surface area contributed by atoms with Gasteiger partial charge in [-0.15, -0.1) is 0 Å². The first-order valence-electron chi connectivity index (χ1n) is 10.7. The number of nitrogens with zero attached hydrogens (tertiary/aromatic N) is 1. The number of carbonyl (C=O) groups is 2. The highest BCUT2D eigenvalue weighted by Gasteiger charge is 2.44. The smallest absolute Gasteiger partial charge is 0.267 e. The van der Waals surface area contributed by atoms with Crippen LogP contribution in [-0.2, 0) is 19.6 Å². The fourth-order valence-corrected chi connectivity index (χ4v) is 5.47. The first kappa shape index (κ1) is 23.3. The number of para-hydroxylation sites is 1. The Labute approximate surface area is 198 Å². The molecular weight excluding hydrogens is 456 g/mol. The third kappa shape index (κ3) is 4.74. The van der Waals surface area contributed by atoms with Crippen molar-refractivity contribution < 1.29 is 27.5 Å². The molecule has 0 aliphatic carbocycles. The zero-order chi connectivity index (χ0) is 24.3. The van der Waals surface area contributed by atoms with Gasteiger partial charge < -0.3 is 14.8 Å². The number of amides is 2. The number of hydrogen-bond acceptors (Lipinski definition) is 6. The summed E-state index contributed by atoms with van der Waals surface area (Å²) in [5.41, 5.74) is 1.07. The van der Waals surface area contributed by atoms with E-state index in [1.807, 2.05) is 30.3 Å². The van der Waals surface area contributed by atoms with Crippen LogP contribution in [0.3, 0.4) is 0 Å². The molecule has 176 valence electrons. The lowest BCUT2D eigenvalue weighted by atomic mass is 10.2. The molecule has 0 radical (unpaired) electrons. The molecule has 0 spiro atoms. The zero-order valence-corrected chi connectivity index (χ0v) is 19.5. The number of ether oxygens (including phenoxy) is 2. The number of sulfonamides is 1. The molecule has 1 aliphatic rings. The van der Waals surface area contributed by atoms with Crippen molar-refractivity contribution in [3.63, 3.8) is 0 Å². The van der Waals surface area contributed by atoms with Crippen LogP contribution >= 0.6 is 0 Å². The maximum absolute atomic E-state index is 13.2. The van der Waals surface area contributed by atoms with E-state index in [1.165, 1.54) is 25.3 Å². The van der Waals surface area contributed by atoms with Crippen LogP contribution in [0.1, 0.15) is 18.4 Å². The van der Waals surface area contributed by atoms with Crippen LogP contribution in [0.5, 0.6) is 17.2 Å². The van der Waals surface area contributed by atoms with Gasteiger partial charge in [-0.2, -0.15) is 0 Å². The Balaban J connectivity index is 1.50. The zero-order valence-electron chi connectivity index (χ0n) is 18.7. The van der Waals surface area contributed by atoms with Gasteiger partial charge >= 0.3 is 0 Å². The Morgan fingerprint density at radius 3 is 2.32 bits per heavy atom. The van der Waals surface area contributed by atoms with Gasteiger partial charge in [-0.1, -0.05) is 18.2 Å². The topological polar surface area (TPSA) is 102 Å². The molecule has 0 unspecified atom stereocenters. The number of nitrogens with one attached hydrogen (secondary N) is 1. The van der Waals surface area contributed by atoms with E-state index in [2.05, 4.69) is 5.32 Å². The van der Waals surface area contributed by atoms with Crippen molar-refractivity contribution in [2.45, 2.75) is 30.7 Å². The molecule has 1 heterocycles. The fraction of sp³-hybridized carbons (Fsp3) is 0.200. The molecule has 0 aromatic heterocycles. The van der Waals surface area contributed by atoms with Gasteiger partial charge in [0.15, 0.2) is 0 Å². The first-order chi connectivity index (χ1) is 16.3. The molecule has 1 saturated heterocycles. The average molecular weight is 481 g/mol. The quantitative estimate of drug-likeness (QED) is 0.546. The van der Waals surface area contributed by atoms with Crippen LogP contribution in [0, 0.1) is 6.92 Å². The predicted molar refractivity (Wildman–Crippen MR) is 126 cm³/mol. The van der Waals surface area contributed by atoms with E-state index in [4.69, 9.17) is 9.47 Å². The van der Waals surface area contributed by atoms with Crippen LogP contribution in [-0.4, -0.2) is 37.7 Å². The normalized spacial score (nSPS) is 15.8. The van der Waals surface area contributed by atoms with Crippen molar-refractivity contribution in [1.29, 1.82) is 0 Å². The van der Waals surface area contributed by atoms with E-state index in [1.54, 1.807) is 31.2 Å². The average Bonchev–Trinajstić information content (AvgIpc) is 3.23. The van der Waals surface area contributed by atoms with Gasteiger partial charge in [0.1, 0.15) is 23.3 Å². The standard InChI is InChI=1S/C25H24N2O6S/c1-17-16-21(12-14-23(17)32-2)34(30,31)27-22(13-15-24(27)28)25(29)26-18-8-10-20(11-9-18)33-19-6-4-3-5-7-19/h3-12,14,16,22H,13,15H2,1-2H3,(H,26,29)/t22-/m0/s1. The highest BCUT2D eigenvalue weighted by molar-refractivity contribution is 7.89. The second-order valence-corrected chi connectivity index (χ2v) is 9.62. The molecule has 34 heavy (non-hydrogen) atoms. The lowest BCUT2D eigenvalue weighted by Gasteiger charge is -2.24. The van der Waals surface area contributed by atoms with Crippen LogP contribution in [0.4, 0.5) is 5.69 Å². The van der Waals surface area contributed by atoms with Crippen LogP contribution in [0.25, 0.3) is 0 Å². The van der Waals surface area contributed by atoms with Gasteiger partial charge in [0.05, 0.1) is 12.0 Å². The summed E-state index contributed by atoms with van der Waals surface area (Å²) in [5, 5.41) is 2.71. The second kappa shape index (κ2) is 9.56. The minimum Gasteiger partial charge on any atom is -0.496 e. The molecule has 1 aliphatic heterocycles. The van der Waals surface area contributed by atoms with E-state index >= 15 is 0 Å². The van der Waals surface area contributed by atoms with Crippen molar-refractivity contribution in [1.82, 2.24) is 4.31 Å². The molecule has 0 saturated carbocycles. The van der Waals surface area contributed by atoms with Crippen molar-refractivity contribution in [2.24, 2.45) is 0 Å². The maximum Gasteiger partial charge on any atom is 0.267 e. The summed E-state index contributed by atoms with van der Waals surface area (Å²) in [7, 11) is -2.73. The van der Waals surface area contributed by atoms with Crippen LogP contribution in [0.15, 0.2) is 77.7 Å². The number of hydrogen-bond donors (Lipinski definition) is 1. The van der Waals surface area contributed by atoms with E-state index in [-0.39, 0.29) is 17.7 Å². The Hall–Kier alpha value is -3.85. The number of methoxy groups -OCH3 is 1. The summed E-state index contributed by atoms with van der Waals surface area (Å²) in [4.78, 5) is 25.4. The summed E-state index contributed by atoms with van der Waals surface area (Å²) < 4.78 is 38.1. The van der Waals surface area contributed by atoms with Gasteiger partial charge in [-0.25, -0.2) is 12.7 Å². The van der Waals surface area contributed by atoms with Crippen molar-refractivity contribution in [3.05, 3.63) is 78.4 Å². The van der Waals surface area contributed by atoms with Gasteiger partial charge in [-0.3, -0.25) is 9.59 Å².